The maximum atomic E-state index is 12.0. The molecule has 1 fully saturated rings. The highest BCUT2D eigenvalue weighted by atomic mass is 16.2. The molecule has 126 valence electrons. The lowest BCUT2D eigenvalue weighted by atomic mass is 10.0. The van der Waals surface area contributed by atoms with E-state index in [2.05, 4.69) is 34.7 Å². The van der Waals surface area contributed by atoms with Crippen molar-refractivity contribution in [2.24, 2.45) is 0 Å². The molecule has 23 heavy (non-hydrogen) atoms. The number of carbonyl (C=O) groups excluding carboxylic acids is 2. The number of rotatable bonds is 5. The van der Waals surface area contributed by atoms with Crippen LogP contribution in [0.5, 0.6) is 0 Å². The number of amides is 2. The number of nitrogens with one attached hydrogen (secondary N) is 3. The summed E-state index contributed by atoms with van der Waals surface area (Å²) in [6.45, 7) is 9.26. The SMILES string of the molecule is CC(C)c1ccccc1NC(=O)C(=O)NCCN1CCNCC1. The van der Waals surface area contributed by atoms with Crippen LogP contribution in [0.4, 0.5) is 5.69 Å². The first kappa shape index (κ1) is 17.4. The zero-order valence-corrected chi connectivity index (χ0v) is 13.9. The molecule has 2 rings (SSSR count). The third-order valence-corrected chi connectivity index (χ3v) is 3.96. The largest absolute Gasteiger partial charge is 0.347 e. The predicted octanol–water partition coefficient (Wildman–Crippen LogP) is 0.770. The topological polar surface area (TPSA) is 73.5 Å². The fourth-order valence-electron chi connectivity index (χ4n) is 2.64. The van der Waals surface area contributed by atoms with Crippen molar-refractivity contribution in [3.8, 4) is 0 Å². The van der Waals surface area contributed by atoms with Crippen LogP contribution >= 0.6 is 0 Å². The molecule has 1 aromatic carbocycles. The lowest BCUT2D eigenvalue weighted by Gasteiger charge is -2.27. The Balaban J connectivity index is 1.80. The van der Waals surface area contributed by atoms with Gasteiger partial charge >= 0.3 is 11.8 Å². The van der Waals surface area contributed by atoms with Crippen LogP contribution in [0, 0.1) is 0 Å². The zero-order chi connectivity index (χ0) is 16.7. The van der Waals surface area contributed by atoms with E-state index in [0.717, 1.165) is 38.3 Å². The fraction of sp³-hybridized carbons (Fsp3) is 0.529. The van der Waals surface area contributed by atoms with Crippen LogP contribution in [0.25, 0.3) is 0 Å². The number of anilines is 1. The van der Waals surface area contributed by atoms with Gasteiger partial charge in [0.05, 0.1) is 0 Å². The summed E-state index contributed by atoms with van der Waals surface area (Å²) in [5.74, 6) is -0.917. The monoisotopic (exact) mass is 318 g/mol. The van der Waals surface area contributed by atoms with Gasteiger partial charge in [-0.05, 0) is 17.5 Å². The molecule has 0 unspecified atom stereocenters. The first-order chi connectivity index (χ1) is 11.1. The van der Waals surface area contributed by atoms with E-state index in [4.69, 9.17) is 0 Å². The Hall–Kier alpha value is -1.92. The smallest absolute Gasteiger partial charge is 0.313 e. The van der Waals surface area contributed by atoms with Crippen LogP contribution in [0.1, 0.15) is 25.3 Å². The van der Waals surface area contributed by atoms with Gasteiger partial charge in [-0.3, -0.25) is 14.5 Å². The standard InChI is InChI=1S/C17H26N4O2/c1-13(2)14-5-3-4-6-15(14)20-17(23)16(22)19-9-12-21-10-7-18-8-11-21/h3-6,13,18H,7-12H2,1-2H3,(H,19,22)(H,20,23). The Bertz CT molecular complexity index is 539. The molecule has 2 amide bonds. The van der Waals surface area contributed by atoms with Crippen molar-refractivity contribution in [1.82, 2.24) is 15.5 Å². The average molecular weight is 318 g/mol. The summed E-state index contributed by atoms with van der Waals surface area (Å²) in [7, 11) is 0. The van der Waals surface area contributed by atoms with Gasteiger partial charge in [-0.25, -0.2) is 0 Å². The van der Waals surface area contributed by atoms with Crippen LogP contribution in [-0.4, -0.2) is 56.0 Å². The predicted molar refractivity (Wildman–Crippen MR) is 91.5 cm³/mol. The lowest BCUT2D eigenvalue weighted by Crippen LogP contribution is -2.47. The summed E-state index contributed by atoms with van der Waals surface area (Å²) in [4.78, 5) is 26.2. The van der Waals surface area contributed by atoms with Crippen molar-refractivity contribution in [2.45, 2.75) is 19.8 Å². The highest BCUT2D eigenvalue weighted by Gasteiger charge is 2.16. The van der Waals surface area contributed by atoms with E-state index in [9.17, 15) is 9.59 Å². The van der Waals surface area contributed by atoms with E-state index in [1.54, 1.807) is 0 Å². The van der Waals surface area contributed by atoms with Gasteiger partial charge in [0.1, 0.15) is 0 Å². The van der Waals surface area contributed by atoms with Crippen LogP contribution in [-0.2, 0) is 9.59 Å². The molecule has 0 atom stereocenters. The Morgan fingerprint density at radius 1 is 1.17 bits per heavy atom. The van der Waals surface area contributed by atoms with Crippen molar-refractivity contribution >= 4 is 17.5 Å². The highest BCUT2D eigenvalue weighted by molar-refractivity contribution is 6.39. The van der Waals surface area contributed by atoms with E-state index in [1.165, 1.54) is 0 Å². The molecule has 6 nitrogen and oxygen atoms in total. The molecule has 1 aliphatic heterocycles. The zero-order valence-electron chi connectivity index (χ0n) is 13.9. The minimum absolute atomic E-state index is 0.280. The molecule has 1 aromatic rings. The van der Waals surface area contributed by atoms with Gasteiger partial charge in [-0.1, -0.05) is 32.0 Å². The van der Waals surface area contributed by atoms with Gasteiger partial charge in [0.2, 0.25) is 0 Å². The Kier molecular flexibility index (Phi) is 6.55. The van der Waals surface area contributed by atoms with E-state index in [0.29, 0.717) is 12.2 Å². The quantitative estimate of drug-likeness (QED) is 0.701. The summed E-state index contributed by atoms with van der Waals surface area (Å²) in [6, 6.07) is 7.56. The number of hydrogen-bond donors (Lipinski definition) is 3. The van der Waals surface area contributed by atoms with Gasteiger partial charge in [-0.2, -0.15) is 0 Å². The van der Waals surface area contributed by atoms with Gasteiger partial charge < -0.3 is 16.0 Å². The van der Waals surface area contributed by atoms with Gasteiger partial charge in [-0.15, -0.1) is 0 Å². The van der Waals surface area contributed by atoms with E-state index in [1.807, 2.05) is 24.3 Å². The average Bonchev–Trinajstić information content (AvgIpc) is 2.56. The summed E-state index contributed by atoms with van der Waals surface area (Å²) < 4.78 is 0. The second kappa shape index (κ2) is 8.64. The third kappa shape index (κ3) is 5.33. The fourth-order valence-corrected chi connectivity index (χ4v) is 2.64. The molecule has 0 bridgehead atoms. The maximum Gasteiger partial charge on any atom is 0.313 e. The van der Waals surface area contributed by atoms with E-state index in [-0.39, 0.29) is 5.92 Å². The summed E-state index contributed by atoms with van der Waals surface area (Å²) in [5, 5.41) is 8.67. The molecule has 0 radical (unpaired) electrons. The molecule has 1 saturated heterocycles. The van der Waals surface area contributed by atoms with Crippen molar-refractivity contribution in [1.29, 1.82) is 0 Å². The van der Waals surface area contributed by atoms with Crippen molar-refractivity contribution in [2.75, 3.05) is 44.6 Å². The minimum atomic E-state index is -0.613. The molecular formula is C17H26N4O2. The minimum Gasteiger partial charge on any atom is -0.347 e. The second-order valence-electron chi connectivity index (χ2n) is 6.04. The summed E-state index contributed by atoms with van der Waals surface area (Å²) in [6.07, 6.45) is 0. The van der Waals surface area contributed by atoms with Crippen LogP contribution in [0.3, 0.4) is 0 Å². The highest BCUT2D eigenvalue weighted by Crippen LogP contribution is 2.23. The first-order valence-corrected chi connectivity index (χ1v) is 8.19. The molecular weight excluding hydrogens is 292 g/mol. The molecule has 3 N–H and O–H groups in total. The van der Waals surface area contributed by atoms with Crippen LogP contribution < -0.4 is 16.0 Å². The van der Waals surface area contributed by atoms with Gasteiger partial charge in [0.15, 0.2) is 0 Å². The molecule has 0 saturated carbocycles. The number of piperazine rings is 1. The number of nitrogens with zero attached hydrogens (tertiary/aromatic N) is 1. The van der Waals surface area contributed by atoms with E-state index >= 15 is 0 Å². The Labute approximate surface area is 137 Å². The lowest BCUT2D eigenvalue weighted by molar-refractivity contribution is -0.136. The molecule has 1 heterocycles. The third-order valence-electron chi connectivity index (χ3n) is 3.96. The van der Waals surface area contributed by atoms with Gasteiger partial charge in [0, 0.05) is 45.0 Å². The molecule has 0 aromatic heterocycles. The normalized spacial score (nSPS) is 15.4. The molecule has 1 aliphatic rings. The number of benzene rings is 1. The van der Waals surface area contributed by atoms with Crippen molar-refractivity contribution < 1.29 is 9.59 Å². The molecule has 0 spiro atoms. The number of carbonyl (C=O) groups is 2. The molecule has 0 aliphatic carbocycles. The maximum absolute atomic E-state index is 12.0. The van der Waals surface area contributed by atoms with E-state index < -0.39 is 11.8 Å². The van der Waals surface area contributed by atoms with Crippen molar-refractivity contribution in [3.63, 3.8) is 0 Å². The summed E-state index contributed by atoms with van der Waals surface area (Å²) in [5.41, 5.74) is 1.72. The molecule has 6 heteroatoms. The second-order valence-corrected chi connectivity index (χ2v) is 6.04. The number of hydrogen-bond acceptors (Lipinski definition) is 4. The van der Waals surface area contributed by atoms with Crippen LogP contribution in [0.15, 0.2) is 24.3 Å². The van der Waals surface area contributed by atoms with Crippen LogP contribution in [0.2, 0.25) is 0 Å². The van der Waals surface area contributed by atoms with Gasteiger partial charge in [0.25, 0.3) is 0 Å². The first-order valence-electron chi connectivity index (χ1n) is 8.19. The number of para-hydroxylation sites is 1. The Morgan fingerprint density at radius 2 is 1.87 bits per heavy atom. The Morgan fingerprint density at radius 3 is 2.57 bits per heavy atom. The van der Waals surface area contributed by atoms with Crippen molar-refractivity contribution in [3.05, 3.63) is 29.8 Å². The summed E-state index contributed by atoms with van der Waals surface area (Å²) >= 11 is 0.